The molecule has 2 aromatic rings. The van der Waals surface area contributed by atoms with Gasteiger partial charge in [0.1, 0.15) is 0 Å². The summed E-state index contributed by atoms with van der Waals surface area (Å²) < 4.78 is 0. The molecule has 0 saturated heterocycles. The van der Waals surface area contributed by atoms with Gasteiger partial charge in [0.15, 0.2) is 0 Å². The first-order valence-corrected chi connectivity index (χ1v) is 7.74. The first kappa shape index (κ1) is 13.2. The van der Waals surface area contributed by atoms with E-state index in [4.69, 9.17) is 0 Å². The Morgan fingerprint density at radius 2 is 1.75 bits per heavy atom. The maximum Gasteiger partial charge on any atom is 0.0613 e. The van der Waals surface area contributed by atoms with Gasteiger partial charge in [-0.2, -0.15) is 9.89 Å². The summed E-state index contributed by atoms with van der Waals surface area (Å²) in [6.07, 6.45) is 12.0. The molecule has 3 nitrogen and oxygen atoms in total. The van der Waals surface area contributed by atoms with Gasteiger partial charge in [-0.15, -0.1) is 0 Å². The van der Waals surface area contributed by atoms with Gasteiger partial charge in [-0.25, -0.2) is 0 Å². The van der Waals surface area contributed by atoms with Crippen molar-refractivity contribution in [1.82, 2.24) is 9.89 Å². The van der Waals surface area contributed by atoms with Crippen molar-refractivity contribution < 1.29 is 0 Å². The molecule has 0 radical (unpaired) electrons. The fourth-order valence-corrected chi connectivity index (χ4v) is 3.11. The van der Waals surface area contributed by atoms with E-state index in [1.165, 1.54) is 44.1 Å². The van der Waals surface area contributed by atoms with Crippen LogP contribution in [0.5, 0.6) is 0 Å². The summed E-state index contributed by atoms with van der Waals surface area (Å²) in [6.45, 7) is 0.938. The quantitative estimate of drug-likeness (QED) is 0.788. The number of rotatable bonds is 4. The molecule has 1 aliphatic rings. The van der Waals surface area contributed by atoms with Crippen LogP contribution in [0.2, 0.25) is 0 Å². The smallest absolute Gasteiger partial charge is 0.0613 e. The Morgan fingerprint density at radius 3 is 2.40 bits per heavy atom. The van der Waals surface area contributed by atoms with Gasteiger partial charge in [0, 0.05) is 12.2 Å². The van der Waals surface area contributed by atoms with Crippen LogP contribution in [0.1, 0.15) is 44.1 Å². The fourth-order valence-electron chi connectivity index (χ4n) is 3.11. The van der Waals surface area contributed by atoms with Gasteiger partial charge in [-0.05, 0) is 24.5 Å². The van der Waals surface area contributed by atoms with Gasteiger partial charge in [0.25, 0.3) is 0 Å². The summed E-state index contributed by atoms with van der Waals surface area (Å²) in [4.78, 5) is 2.03. The van der Waals surface area contributed by atoms with Gasteiger partial charge in [0.2, 0.25) is 0 Å². The van der Waals surface area contributed by atoms with Crippen LogP contribution in [0.15, 0.2) is 48.8 Å². The minimum absolute atomic E-state index is 0.609. The van der Waals surface area contributed by atoms with E-state index in [-0.39, 0.29) is 0 Å². The third-order valence-electron chi connectivity index (χ3n) is 4.19. The molecule has 3 heteroatoms. The van der Waals surface area contributed by atoms with E-state index in [9.17, 15) is 0 Å². The topological polar surface area (TPSA) is 21.1 Å². The summed E-state index contributed by atoms with van der Waals surface area (Å²) in [6, 6.07) is 13.3. The molecule has 1 aromatic carbocycles. The van der Waals surface area contributed by atoms with Crippen molar-refractivity contribution in [3.63, 3.8) is 0 Å². The molecule has 1 heterocycles. The van der Waals surface area contributed by atoms with Gasteiger partial charge in [0.05, 0.1) is 12.7 Å². The van der Waals surface area contributed by atoms with E-state index < -0.39 is 0 Å². The predicted octanol–water partition coefficient (Wildman–Crippen LogP) is 3.74. The Balaban J connectivity index is 1.80. The molecule has 0 bridgehead atoms. The van der Waals surface area contributed by atoms with Crippen molar-refractivity contribution in [2.45, 2.75) is 51.1 Å². The molecule has 20 heavy (non-hydrogen) atoms. The summed E-state index contributed by atoms with van der Waals surface area (Å²) in [5, 5.41) is 6.89. The average molecular weight is 269 g/mol. The van der Waals surface area contributed by atoms with Crippen molar-refractivity contribution in [1.29, 1.82) is 0 Å². The Morgan fingerprint density at radius 1 is 1.00 bits per heavy atom. The van der Waals surface area contributed by atoms with Crippen LogP contribution in [0.25, 0.3) is 0 Å². The maximum atomic E-state index is 4.46. The van der Waals surface area contributed by atoms with Crippen molar-refractivity contribution in [2.75, 3.05) is 5.01 Å². The minimum atomic E-state index is 0.609. The molecule has 0 atom stereocenters. The maximum absolute atomic E-state index is 4.46. The summed E-state index contributed by atoms with van der Waals surface area (Å²) in [7, 11) is 0. The highest BCUT2D eigenvalue weighted by atomic mass is 15.7. The van der Waals surface area contributed by atoms with Crippen molar-refractivity contribution >= 4 is 0 Å². The first-order chi connectivity index (χ1) is 9.93. The number of benzene rings is 1. The minimum Gasteiger partial charge on any atom is -0.290 e. The van der Waals surface area contributed by atoms with Gasteiger partial charge in [-0.3, -0.25) is 5.01 Å². The molecule has 1 saturated carbocycles. The van der Waals surface area contributed by atoms with Crippen LogP contribution in [-0.4, -0.2) is 15.9 Å². The third-order valence-corrected chi connectivity index (χ3v) is 4.19. The number of hydrogen-bond acceptors (Lipinski definition) is 2. The Labute approximate surface area is 121 Å². The van der Waals surface area contributed by atoms with Crippen LogP contribution >= 0.6 is 0 Å². The molecular weight excluding hydrogens is 246 g/mol. The highest BCUT2D eigenvalue weighted by Crippen LogP contribution is 2.22. The lowest BCUT2D eigenvalue weighted by atomic mass is 10.1. The van der Waals surface area contributed by atoms with Crippen LogP contribution in [0.3, 0.4) is 0 Å². The second kappa shape index (κ2) is 6.60. The molecule has 1 fully saturated rings. The summed E-state index contributed by atoms with van der Waals surface area (Å²) >= 11 is 0. The van der Waals surface area contributed by atoms with Crippen molar-refractivity contribution in [3.8, 4) is 0 Å². The predicted molar refractivity (Wildman–Crippen MR) is 82.1 cm³/mol. The molecule has 106 valence electrons. The highest BCUT2D eigenvalue weighted by Gasteiger charge is 2.21. The van der Waals surface area contributed by atoms with E-state index >= 15 is 0 Å². The van der Waals surface area contributed by atoms with E-state index in [0.717, 1.165) is 6.54 Å². The van der Waals surface area contributed by atoms with Gasteiger partial charge >= 0.3 is 0 Å². The average Bonchev–Trinajstić information content (AvgIpc) is 2.88. The molecule has 0 N–H and O–H groups in total. The Hall–Kier alpha value is -1.77. The number of hydrogen-bond donors (Lipinski definition) is 0. The Bertz CT molecular complexity index is 484. The van der Waals surface area contributed by atoms with Gasteiger partial charge in [-0.1, -0.05) is 56.0 Å². The molecule has 0 spiro atoms. The molecular formula is C17H23N3. The summed E-state index contributed by atoms with van der Waals surface area (Å²) in [5.41, 5.74) is 1.35. The lowest BCUT2D eigenvalue weighted by Gasteiger charge is -2.32. The second-order valence-corrected chi connectivity index (χ2v) is 5.66. The first-order valence-electron chi connectivity index (χ1n) is 7.74. The zero-order valence-electron chi connectivity index (χ0n) is 12.0. The van der Waals surface area contributed by atoms with E-state index in [2.05, 4.69) is 46.6 Å². The summed E-state index contributed by atoms with van der Waals surface area (Å²) in [5.74, 6) is 0. The van der Waals surface area contributed by atoms with E-state index in [0.29, 0.717) is 6.04 Å². The van der Waals surface area contributed by atoms with Crippen molar-refractivity contribution in [2.24, 2.45) is 0 Å². The lowest BCUT2D eigenvalue weighted by Crippen LogP contribution is -2.43. The molecule has 1 aromatic heterocycles. The zero-order chi connectivity index (χ0) is 13.6. The fraction of sp³-hybridized carbons (Fsp3) is 0.471. The second-order valence-electron chi connectivity index (χ2n) is 5.66. The van der Waals surface area contributed by atoms with E-state index in [1.807, 2.05) is 17.1 Å². The van der Waals surface area contributed by atoms with Crippen LogP contribution < -0.4 is 5.01 Å². The largest absolute Gasteiger partial charge is 0.290 e. The molecule has 1 aliphatic carbocycles. The molecule has 0 aliphatic heterocycles. The third kappa shape index (κ3) is 3.21. The van der Waals surface area contributed by atoms with Gasteiger partial charge < -0.3 is 0 Å². The Kier molecular flexibility index (Phi) is 4.36. The molecule has 0 amide bonds. The standard InChI is InChI=1S/C17H23N3/c1-2-7-12-17(11-6-1)19(20-14-8-13-18-20)15-16-9-4-3-5-10-16/h3-5,8-10,13-14,17H,1-2,6-7,11-12,15H2. The van der Waals surface area contributed by atoms with E-state index in [1.54, 1.807) is 0 Å². The number of nitrogens with zero attached hydrogens (tertiary/aromatic N) is 3. The normalized spacial score (nSPS) is 16.8. The monoisotopic (exact) mass is 269 g/mol. The van der Waals surface area contributed by atoms with Crippen molar-refractivity contribution in [3.05, 3.63) is 54.4 Å². The molecule has 3 rings (SSSR count). The highest BCUT2D eigenvalue weighted by molar-refractivity contribution is 5.17. The van der Waals surface area contributed by atoms with Crippen LogP contribution in [0.4, 0.5) is 0 Å². The molecule has 0 unspecified atom stereocenters. The number of aromatic nitrogens is 2. The van der Waals surface area contributed by atoms with Crippen LogP contribution in [-0.2, 0) is 6.54 Å². The van der Waals surface area contributed by atoms with Crippen LogP contribution in [0, 0.1) is 0 Å². The lowest BCUT2D eigenvalue weighted by molar-refractivity contribution is 0.400. The zero-order valence-corrected chi connectivity index (χ0v) is 12.0. The SMILES string of the molecule is c1ccc(CN(C2CCCCCC2)n2cccn2)cc1.